The van der Waals surface area contributed by atoms with Crippen molar-refractivity contribution in [2.75, 3.05) is 12.3 Å². The zero-order chi connectivity index (χ0) is 18.5. The van der Waals surface area contributed by atoms with Gasteiger partial charge < -0.3 is 30.4 Å². The van der Waals surface area contributed by atoms with E-state index in [4.69, 9.17) is 10.5 Å². The monoisotopic (exact) mass is 356 g/mol. The Kier molecular flexibility index (Phi) is 3.92. The van der Waals surface area contributed by atoms with E-state index in [9.17, 15) is 15.3 Å². The minimum Gasteiger partial charge on any atom is -0.394 e. The molecule has 1 aromatic carbocycles. The van der Waals surface area contributed by atoms with Crippen LogP contribution in [0.5, 0.6) is 0 Å². The largest absolute Gasteiger partial charge is 0.394 e. The van der Waals surface area contributed by atoms with Gasteiger partial charge in [-0.05, 0) is 12.5 Å². The fourth-order valence-electron chi connectivity index (χ4n) is 3.51. The third-order valence-corrected chi connectivity index (χ3v) is 4.91. The van der Waals surface area contributed by atoms with Crippen molar-refractivity contribution in [3.63, 3.8) is 0 Å². The van der Waals surface area contributed by atoms with E-state index < -0.39 is 30.6 Å². The molecule has 5 N–H and O–H groups in total. The van der Waals surface area contributed by atoms with E-state index in [2.05, 4.69) is 9.97 Å². The summed E-state index contributed by atoms with van der Waals surface area (Å²) in [5.74, 6) is 0.310. The third kappa shape index (κ3) is 2.38. The first kappa shape index (κ1) is 16.9. The first-order valence-corrected chi connectivity index (χ1v) is 8.28. The Hall–Kier alpha value is -2.52. The van der Waals surface area contributed by atoms with E-state index in [1.165, 1.54) is 13.3 Å². The summed E-state index contributed by atoms with van der Waals surface area (Å²) in [5.41, 5.74) is 6.66. The van der Waals surface area contributed by atoms with Gasteiger partial charge in [-0.1, -0.05) is 30.3 Å². The first-order valence-electron chi connectivity index (χ1n) is 8.28. The number of aromatic nitrogens is 3. The molecule has 26 heavy (non-hydrogen) atoms. The van der Waals surface area contributed by atoms with Crippen LogP contribution in [0.3, 0.4) is 0 Å². The maximum Gasteiger partial charge on any atom is 0.167 e. The lowest BCUT2D eigenvalue weighted by Gasteiger charge is -2.27. The minimum absolute atomic E-state index is 0.310. The van der Waals surface area contributed by atoms with Crippen molar-refractivity contribution >= 4 is 16.9 Å². The molecule has 1 aliphatic rings. The van der Waals surface area contributed by atoms with Crippen LogP contribution in [0.15, 0.2) is 42.9 Å². The molecule has 8 heteroatoms. The first-order chi connectivity index (χ1) is 12.4. The molecular weight excluding hydrogens is 336 g/mol. The van der Waals surface area contributed by atoms with Gasteiger partial charge in [0.1, 0.15) is 35.6 Å². The van der Waals surface area contributed by atoms with Crippen LogP contribution in [0.25, 0.3) is 22.2 Å². The molecule has 2 aromatic heterocycles. The summed E-state index contributed by atoms with van der Waals surface area (Å²) in [6, 6.07) is 9.60. The van der Waals surface area contributed by atoms with Crippen LogP contribution >= 0.6 is 0 Å². The highest BCUT2D eigenvalue weighted by atomic mass is 16.6. The quantitative estimate of drug-likeness (QED) is 0.543. The molecule has 3 unspecified atom stereocenters. The van der Waals surface area contributed by atoms with Crippen molar-refractivity contribution < 1.29 is 20.1 Å². The molecule has 1 aliphatic heterocycles. The fraction of sp³-hybridized carbons (Fsp3) is 0.333. The highest BCUT2D eigenvalue weighted by Crippen LogP contribution is 2.42. The van der Waals surface area contributed by atoms with Gasteiger partial charge in [0.2, 0.25) is 0 Å². The number of benzene rings is 1. The molecule has 4 rings (SSSR count). The van der Waals surface area contributed by atoms with Crippen molar-refractivity contribution in [3.8, 4) is 11.1 Å². The van der Waals surface area contributed by atoms with Crippen LogP contribution in [0, 0.1) is 0 Å². The van der Waals surface area contributed by atoms with Crippen LogP contribution in [0.4, 0.5) is 5.82 Å². The third-order valence-electron chi connectivity index (χ3n) is 4.91. The Balaban J connectivity index is 1.94. The lowest BCUT2D eigenvalue weighted by Crippen LogP contribution is -2.44. The standard InChI is InChI=1S/C18H20N4O4/c1-18(25)14(24)12(8-23)26-17(18)22-7-11(10-5-3-2-4-6-10)13-15(19)20-9-21-16(13)22/h2-7,9,12,14,17,23-25H,8H2,1H3,(H2,19,20,21)/t12?,14?,17?,18-/m1/s1. The van der Waals surface area contributed by atoms with Crippen molar-refractivity contribution in [1.82, 2.24) is 14.5 Å². The van der Waals surface area contributed by atoms with E-state index in [0.29, 0.717) is 16.9 Å². The second-order valence-corrected chi connectivity index (χ2v) is 6.65. The second kappa shape index (κ2) is 6.03. The van der Waals surface area contributed by atoms with Gasteiger partial charge in [-0.3, -0.25) is 0 Å². The minimum atomic E-state index is -1.62. The molecule has 1 saturated heterocycles. The van der Waals surface area contributed by atoms with Crippen molar-refractivity contribution in [1.29, 1.82) is 0 Å². The number of nitrogens with two attached hydrogens (primary N) is 1. The molecule has 0 saturated carbocycles. The highest BCUT2D eigenvalue weighted by molar-refractivity contribution is 6.00. The van der Waals surface area contributed by atoms with Gasteiger partial charge in [0.25, 0.3) is 0 Å². The maximum absolute atomic E-state index is 10.8. The van der Waals surface area contributed by atoms with Gasteiger partial charge in [0.05, 0.1) is 12.0 Å². The predicted molar refractivity (Wildman–Crippen MR) is 95.0 cm³/mol. The Morgan fingerprint density at radius 2 is 2.00 bits per heavy atom. The molecule has 136 valence electrons. The van der Waals surface area contributed by atoms with Gasteiger partial charge in [-0.25, -0.2) is 9.97 Å². The van der Waals surface area contributed by atoms with Crippen LogP contribution in [0.1, 0.15) is 13.2 Å². The Bertz CT molecular complexity index is 941. The number of ether oxygens (including phenoxy) is 1. The summed E-state index contributed by atoms with van der Waals surface area (Å²) in [6.45, 7) is 1.06. The average Bonchev–Trinajstić information content (AvgIpc) is 3.13. The van der Waals surface area contributed by atoms with E-state index in [-0.39, 0.29) is 0 Å². The number of nitrogen functional groups attached to an aromatic ring is 1. The number of nitrogens with zero attached hydrogens (tertiary/aromatic N) is 3. The van der Waals surface area contributed by atoms with Crippen LogP contribution in [-0.2, 0) is 4.74 Å². The molecule has 0 bridgehead atoms. The summed E-state index contributed by atoms with van der Waals surface area (Å²) in [6.07, 6.45) is 0.0356. The van der Waals surface area contributed by atoms with E-state index in [1.807, 2.05) is 30.3 Å². The molecule has 3 heterocycles. The lowest BCUT2D eigenvalue weighted by molar-refractivity contribution is -0.0948. The van der Waals surface area contributed by atoms with Crippen LogP contribution < -0.4 is 5.73 Å². The van der Waals surface area contributed by atoms with Crippen molar-refractivity contribution in [3.05, 3.63) is 42.9 Å². The molecule has 0 aliphatic carbocycles. The number of anilines is 1. The van der Waals surface area contributed by atoms with E-state index in [0.717, 1.165) is 11.1 Å². The Morgan fingerprint density at radius 3 is 2.65 bits per heavy atom. The number of aliphatic hydroxyl groups is 3. The van der Waals surface area contributed by atoms with Crippen molar-refractivity contribution in [2.45, 2.75) is 31.0 Å². The van der Waals surface area contributed by atoms with E-state index >= 15 is 0 Å². The van der Waals surface area contributed by atoms with Gasteiger partial charge in [-0.2, -0.15) is 0 Å². The molecule has 0 spiro atoms. The molecular formula is C18H20N4O4. The SMILES string of the molecule is C[C@@]1(O)C(O)C(CO)OC1n1cc(-c2ccccc2)c2c(N)ncnc21. The molecule has 0 amide bonds. The molecule has 4 atom stereocenters. The Labute approximate surface area is 149 Å². The zero-order valence-electron chi connectivity index (χ0n) is 14.1. The Morgan fingerprint density at radius 1 is 1.27 bits per heavy atom. The topological polar surface area (TPSA) is 127 Å². The normalized spacial score (nSPS) is 28.7. The molecule has 1 fully saturated rings. The summed E-state index contributed by atoms with van der Waals surface area (Å²) in [7, 11) is 0. The average molecular weight is 356 g/mol. The van der Waals surface area contributed by atoms with Gasteiger partial charge in [0, 0.05) is 11.8 Å². The fourth-order valence-corrected chi connectivity index (χ4v) is 3.51. The second-order valence-electron chi connectivity index (χ2n) is 6.65. The summed E-state index contributed by atoms with van der Waals surface area (Å²) < 4.78 is 7.37. The van der Waals surface area contributed by atoms with Gasteiger partial charge >= 0.3 is 0 Å². The van der Waals surface area contributed by atoms with Crippen LogP contribution in [-0.4, -0.2) is 54.3 Å². The summed E-state index contributed by atoms with van der Waals surface area (Å²) in [5, 5.41) is 31.2. The van der Waals surface area contributed by atoms with Crippen molar-refractivity contribution in [2.24, 2.45) is 0 Å². The lowest BCUT2D eigenvalue weighted by atomic mass is 9.96. The predicted octanol–water partition coefficient (Wildman–Crippen LogP) is 0.682. The summed E-state index contributed by atoms with van der Waals surface area (Å²) >= 11 is 0. The highest BCUT2D eigenvalue weighted by Gasteiger charge is 2.53. The molecule has 3 aromatic rings. The summed E-state index contributed by atoms with van der Waals surface area (Å²) in [4.78, 5) is 8.39. The van der Waals surface area contributed by atoms with E-state index in [1.54, 1.807) is 10.8 Å². The molecule has 8 nitrogen and oxygen atoms in total. The number of hydrogen-bond acceptors (Lipinski definition) is 7. The smallest absolute Gasteiger partial charge is 0.167 e. The maximum atomic E-state index is 10.8. The molecule has 0 radical (unpaired) electrons. The number of rotatable bonds is 3. The number of aliphatic hydroxyl groups excluding tert-OH is 2. The van der Waals surface area contributed by atoms with Gasteiger partial charge in [-0.15, -0.1) is 0 Å². The number of fused-ring (bicyclic) bond motifs is 1. The zero-order valence-corrected chi connectivity index (χ0v) is 14.1. The van der Waals surface area contributed by atoms with Gasteiger partial charge in [0.15, 0.2) is 6.23 Å². The number of hydrogen-bond donors (Lipinski definition) is 4. The van der Waals surface area contributed by atoms with Crippen LogP contribution in [0.2, 0.25) is 0 Å².